The number of anilines is 1. The van der Waals surface area contributed by atoms with Gasteiger partial charge in [0.2, 0.25) is 11.8 Å². The van der Waals surface area contributed by atoms with E-state index >= 15 is 0 Å². The van der Waals surface area contributed by atoms with Crippen LogP contribution in [0.15, 0.2) is 82.2 Å². The number of nitrogens with zero attached hydrogens (tertiary/aromatic N) is 2. The van der Waals surface area contributed by atoms with E-state index in [0.29, 0.717) is 27.3 Å². The van der Waals surface area contributed by atoms with Crippen molar-refractivity contribution in [3.8, 4) is 0 Å². The lowest BCUT2D eigenvalue weighted by atomic mass is 10.1. The molecule has 0 spiro atoms. The van der Waals surface area contributed by atoms with Crippen LogP contribution in [0.2, 0.25) is 5.02 Å². The zero-order valence-corrected chi connectivity index (χ0v) is 24.7. The molecule has 0 fully saturated rings. The Hall–Kier alpha value is -2.88. The molecule has 0 saturated heterocycles. The number of carbonyl (C=O) groups excluding carboxylic acids is 2. The van der Waals surface area contributed by atoms with Gasteiger partial charge in [-0.25, -0.2) is 8.42 Å². The zero-order valence-electron chi connectivity index (χ0n) is 21.5. The fourth-order valence-corrected chi connectivity index (χ4v) is 5.77. The van der Waals surface area contributed by atoms with Gasteiger partial charge < -0.3 is 10.2 Å². The summed E-state index contributed by atoms with van der Waals surface area (Å²) in [6.45, 7) is 5.41. The van der Waals surface area contributed by atoms with Crippen LogP contribution in [0.25, 0.3) is 0 Å². The number of hydrogen-bond donors (Lipinski definition) is 1. The fourth-order valence-electron chi connectivity index (χ4n) is 3.79. The van der Waals surface area contributed by atoms with Gasteiger partial charge in [0, 0.05) is 22.6 Å². The Morgan fingerprint density at radius 2 is 1.71 bits per heavy atom. The molecule has 7 nitrogen and oxygen atoms in total. The molecule has 3 aromatic carbocycles. The Bertz CT molecular complexity index is 1380. The molecule has 0 unspecified atom stereocenters. The number of halogens is 2. The van der Waals surface area contributed by atoms with Crippen LogP contribution in [0.5, 0.6) is 0 Å². The number of hydrogen-bond acceptors (Lipinski definition) is 4. The number of benzene rings is 3. The van der Waals surface area contributed by atoms with Gasteiger partial charge in [-0.15, -0.1) is 0 Å². The molecule has 1 N–H and O–H groups in total. The van der Waals surface area contributed by atoms with E-state index in [1.54, 1.807) is 67.6 Å². The Labute approximate surface area is 238 Å². The summed E-state index contributed by atoms with van der Waals surface area (Å²) in [5, 5.41) is 3.26. The highest BCUT2D eigenvalue weighted by Gasteiger charge is 2.32. The van der Waals surface area contributed by atoms with Crippen molar-refractivity contribution in [1.29, 1.82) is 0 Å². The Kier molecular flexibility index (Phi) is 10.4. The minimum Gasteiger partial charge on any atom is -0.354 e. The molecule has 0 aliphatic carbocycles. The summed E-state index contributed by atoms with van der Waals surface area (Å²) < 4.78 is 29.4. The molecule has 1 atom stereocenters. The molecule has 38 heavy (non-hydrogen) atoms. The largest absolute Gasteiger partial charge is 0.354 e. The maximum atomic E-state index is 13.9. The number of rotatable bonds is 11. The number of carbonyl (C=O) groups is 2. The summed E-state index contributed by atoms with van der Waals surface area (Å²) in [5.74, 6) is -0.873. The Morgan fingerprint density at radius 3 is 2.34 bits per heavy atom. The molecule has 3 aromatic rings. The number of nitrogens with one attached hydrogen (secondary N) is 1. The van der Waals surface area contributed by atoms with Crippen molar-refractivity contribution in [2.45, 2.75) is 44.7 Å². The van der Waals surface area contributed by atoms with E-state index in [2.05, 4.69) is 21.2 Å². The standard InChI is InChI=1S/C28H31BrClN3O4S/c1-4-16-31-28(35)21(3)32(18-22-8-5-6-11-26(22)30)27(34)19-33(24-10-7-9-23(29)17-24)38(36,37)25-14-12-20(2)13-15-25/h5-15,17,21H,4,16,18-19H2,1-3H3,(H,31,35)/t21-/m1/s1. The maximum Gasteiger partial charge on any atom is 0.264 e. The van der Waals surface area contributed by atoms with Crippen molar-refractivity contribution < 1.29 is 18.0 Å². The summed E-state index contributed by atoms with van der Waals surface area (Å²) in [5.41, 5.74) is 1.87. The van der Waals surface area contributed by atoms with E-state index in [4.69, 9.17) is 11.6 Å². The molecular formula is C28H31BrClN3O4S. The van der Waals surface area contributed by atoms with Gasteiger partial charge >= 0.3 is 0 Å². The van der Waals surface area contributed by atoms with Crippen LogP contribution < -0.4 is 9.62 Å². The van der Waals surface area contributed by atoms with Crippen molar-refractivity contribution >= 4 is 55.1 Å². The summed E-state index contributed by atoms with van der Waals surface area (Å²) in [6.07, 6.45) is 0.738. The fraction of sp³-hybridized carbons (Fsp3) is 0.286. The van der Waals surface area contributed by atoms with Gasteiger partial charge in [-0.05, 0) is 62.2 Å². The predicted octanol–water partition coefficient (Wildman–Crippen LogP) is 5.55. The Balaban J connectivity index is 2.03. The minimum atomic E-state index is -4.12. The summed E-state index contributed by atoms with van der Waals surface area (Å²) in [7, 11) is -4.12. The molecule has 0 radical (unpaired) electrons. The highest BCUT2D eigenvalue weighted by Crippen LogP contribution is 2.27. The van der Waals surface area contributed by atoms with Gasteiger partial charge in [-0.3, -0.25) is 13.9 Å². The second-order valence-electron chi connectivity index (χ2n) is 8.88. The van der Waals surface area contributed by atoms with E-state index in [-0.39, 0.29) is 17.3 Å². The van der Waals surface area contributed by atoms with Gasteiger partial charge in [0.05, 0.1) is 10.6 Å². The van der Waals surface area contributed by atoms with E-state index in [0.717, 1.165) is 16.3 Å². The van der Waals surface area contributed by atoms with Crippen LogP contribution in [-0.4, -0.2) is 44.3 Å². The third-order valence-electron chi connectivity index (χ3n) is 6.00. The normalized spacial score (nSPS) is 12.0. The first-order chi connectivity index (χ1) is 18.0. The zero-order chi connectivity index (χ0) is 27.9. The van der Waals surface area contributed by atoms with Gasteiger partial charge in [-0.2, -0.15) is 0 Å². The molecule has 0 aromatic heterocycles. The smallest absolute Gasteiger partial charge is 0.264 e. The van der Waals surface area contributed by atoms with Crippen LogP contribution in [0.4, 0.5) is 5.69 Å². The molecule has 202 valence electrons. The minimum absolute atomic E-state index is 0.0378. The van der Waals surface area contributed by atoms with Crippen molar-refractivity contribution in [3.63, 3.8) is 0 Å². The quantitative estimate of drug-likeness (QED) is 0.305. The van der Waals surface area contributed by atoms with Crippen LogP contribution in [0.1, 0.15) is 31.4 Å². The first kappa shape index (κ1) is 29.7. The van der Waals surface area contributed by atoms with Crippen molar-refractivity contribution in [3.05, 3.63) is 93.4 Å². The average Bonchev–Trinajstić information content (AvgIpc) is 2.89. The van der Waals surface area contributed by atoms with Crippen molar-refractivity contribution in [2.24, 2.45) is 0 Å². The molecule has 0 heterocycles. The highest BCUT2D eigenvalue weighted by molar-refractivity contribution is 9.10. The first-order valence-corrected chi connectivity index (χ1v) is 14.8. The van der Waals surface area contributed by atoms with E-state index < -0.39 is 28.5 Å². The summed E-state index contributed by atoms with van der Waals surface area (Å²) in [6, 6.07) is 19.4. The number of amides is 2. The van der Waals surface area contributed by atoms with E-state index in [1.807, 2.05) is 13.8 Å². The average molecular weight is 621 g/mol. The molecule has 0 bridgehead atoms. The maximum absolute atomic E-state index is 13.9. The second kappa shape index (κ2) is 13.3. The molecule has 0 aliphatic heterocycles. The van der Waals surface area contributed by atoms with Crippen molar-refractivity contribution in [2.75, 3.05) is 17.4 Å². The molecular weight excluding hydrogens is 590 g/mol. The summed E-state index contributed by atoms with van der Waals surface area (Å²) in [4.78, 5) is 28.2. The van der Waals surface area contributed by atoms with E-state index in [9.17, 15) is 18.0 Å². The predicted molar refractivity (Wildman–Crippen MR) is 155 cm³/mol. The van der Waals surface area contributed by atoms with Gasteiger partial charge in [-0.1, -0.05) is 76.4 Å². The monoisotopic (exact) mass is 619 g/mol. The topological polar surface area (TPSA) is 86.8 Å². The van der Waals surface area contributed by atoms with E-state index in [1.165, 1.54) is 17.0 Å². The number of sulfonamides is 1. The molecule has 3 rings (SSSR count). The van der Waals surface area contributed by atoms with Gasteiger partial charge in [0.15, 0.2) is 0 Å². The first-order valence-electron chi connectivity index (χ1n) is 12.2. The lowest BCUT2D eigenvalue weighted by molar-refractivity contribution is -0.139. The lowest BCUT2D eigenvalue weighted by Crippen LogP contribution is -2.51. The van der Waals surface area contributed by atoms with Crippen molar-refractivity contribution in [1.82, 2.24) is 10.2 Å². The molecule has 0 saturated carbocycles. The van der Waals surface area contributed by atoms with Crippen LogP contribution >= 0.6 is 27.5 Å². The molecule has 2 amide bonds. The third kappa shape index (κ3) is 7.36. The Morgan fingerprint density at radius 1 is 1.03 bits per heavy atom. The molecule has 10 heteroatoms. The number of aryl methyl sites for hydroxylation is 1. The summed E-state index contributed by atoms with van der Waals surface area (Å²) >= 11 is 9.77. The molecule has 0 aliphatic rings. The lowest BCUT2D eigenvalue weighted by Gasteiger charge is -2.32. The third-order valence-corrected chi connectivity index (χ3v) is 8.65. The highest BCUT2D eigenvalue weighted by atomic mass is 79.9. The SMILES string of the molecule is CCCNC(=O)[C@@H](C)N(Cc1ccccc1Cl)C(=O)CN(c1cccc(Br)c1)S(=O)(=O)c1ccc(C)cc1. The van der Waals surface area contributed by atoms with Crippen LogP contribution in [0.3, 0.4) is 0 Å². The van der Waals surface area contributed by atoms with Gasteiger partial charge in [0.25, 0.3) is 10.0 Å². The van der Waals surface area contributed by atoms with Crippen LogP contribution in [-0.2, 0) is 26.2 Å². The van der Waals surface area contributed by atoms with Gasteiger partial charge in [0.1, 0.15) is 12.6 Å². The van der Waals surface area contributed by atoms with Crippen LogP contribution in [0, 0.1) is 6.92 Å². The second-order valence-corrected chi connectivity index (χ2v) is 12.1.